The molecule has 1 atom stereocenters. The highest BCUT2D eigenvalue weighted by Crippen LogP contribution is 2.39. The van der Waals surface area contributed by atoms with Gasteiger partial charge in [0.15, 0.2) is 10.6 Å². The van der Waals surface area contributed by atoms with Crippen LogP contribution in [0, 0.1) is 10.1 Å². The van der Waals surface area contributed by atoms with Gasteiger partial charge in [0.05, 0.1) is 16.6 Å². The van der Waals surface area contributed by atoms with Crippen LogP contribution in [0.2, 0.25) is 0 Å². The number of nitrogens with zero attached hydrogens (tertiary/aromatic N) is 1. The Morgan fingerprint density at radius 2 is 2.00 bits per heavy atom. The largest absolute Gasteiger partial charge is 0.484 e. The van der Waals surface area contributed by atoms with Crippen LogP contribution >= 0.6 is 11.3 Å². The van der Waals surface area contributed by atoms with Gasteiger partial charge < -0.3 is 9.84 Å². The third-order valence-corrected chi connectivity index (χ3v) is 4.12. The van der Waals surface area contributed by atoms with Crippen molar-refractivity contribution in [2.24, 2.45) is 0 Å². The minimum Gasteiger partial charge on any atom is -0.484 e. The van der Waals surface area contributed by atoms with Gasteiger partial charge in [-0.2, -0.15) is 13.2 Å². The van der Waals surface area contributed by atoms with Crippen molar-refractivity contribution in [1.29, 1.82) is 0 Å². The third-order valence-electron chi connectivity index (χ3n) is 3.07. The summed E-state index contributed by atoms with van der Waals surface area (Å²) in [5.41, 5.74) is -1.12. The van der Waals surface area contributed by atoms with Gasteiger partial charge in [0.25, 0.3) is 0 Å². The SMILES string of the molecule is C[C@@H](Oc1cc([N+](=O)[O-])sc1C(=O)O)c1ccccc1C(F)(F)F. The second kappa shape index (κ2) is 6.48. The molecule has 1 heterocycles. The lowest BCUT2D eigenvalue weighted by Crippen LogP contribution is -2.14. The van der Waals surface area contributed by atoms with Gasteiger partial charge in [-0.25, -0.2) is 4.79 Å². The number of ether oxygens (including phenoxy) is 1. The lowest BCUT2D eigenvalue weighted by Gasteiger charge is -2.19. The van der Waals surface area contributed by atoms with Gasteiger partial charge in [0.1, 0.15) is 6.10 Å². The number of thiophene rings is 1. The summed E-state index contributed by atoms with van der Waals surface area (Å²) >= 11 is 0.377. The van der Waals surface area contributed by atoms with Crippen LogP contribution < -0.4 is 4.74 Å². The molecule has 10 heteroatoms. The van der Waals surface area contributed by atoms with E-state index in [1.54, 1.807) is 0 Å². The van der Waals surface area contributed by atoms with Gasteiger partial charge in [-0.15, -0.1) is 0 Å². The summed E-state index contributed by atoms with van der Waals surface area (Å²) in [5.74, 6) is -1.80. The molecule has 0 spiro atoms. The maximum absolute atomic E-state index is 13.0. The zero-order valence-corrected chi connectivity index (χ0v) is 12.9. The molecule has 6 nitrogen and oxygen atoms in total. The molecule has 0 saturated heterocycles. The maximum atomic E-state index is 13.0. The number of aromatic carboxylic acids is 1. The monoisotopic (exact) mass is 361 g/mol. The summed E-state index contributed by atoms with van der Waals surface area (Å²) < 4.78 is 44.4. The Balaban J connectivity index is 2.39. The molecule has 0 aliphatic rings. The molecule has 0 bridgehead atoms. The molecule has 1 N–H and O–H groups in total. The molecule has 128 valence electrons. The third kappa shape index (κ3) is 3.65. The second-order valence-electron chi connectivity index (χ2n) is 4.69. The minimum atomic E-state index is -4.61. The molecular weight excluding hydrogens is 351 g/mol. The van der Waals surface area contributed by atoms with Crippen LogP contribution in [0.1, 0.15) is 33.8 Å². The number of carboxylic acids is 1. The highest BCUT2D eigenvalue weighted by Gasteiger charge is 2.35. The first-order valence-electron chi connectivity index (χ1n) is 6.45. The minimum absolute atomic E-state index is 0.199. The number of carbonyl (C=O) groups is 1. The maximum Gasteiger partial charge on any atom is 0.416 e. The smallest absolute Gasteiger partial charge is 0.416 e. The van der Waals surface area contributed by atoms with Gasteiger partial charge in [0, 0.05) is 5.56 Å². The standard InChI is InChI=1S/C14H10F3NO5S/c1-7(8-4-2-3-5-9(8)14(15,16)17)23-10-6-11(18(21)22)24-12(10)13(19)20/h2-7H,1H3,(H,19,20)/t7-/m1/s1. The van der Waals surface area contributed by atoms with Crippen molar-refractivity contribution in [3.05, 3.63) is 56.5 Å². The number of hydrogen-bond acceptors (Lipinski definition) is 5. The Bertz CT molecular complexity index is 787. The predicted molar refractivity (Wildman–Crippen MR) is 78.4 cm³/mol. The zero-order valence-electron chi connectivity index (χ0n) is 12.0. The Morgan fingerprint density at radius 1 is 1.38 bits per heavy atom. The van der Waals surface area contributed by atoms with E-state index in [1.165, 1.54) is 25.1 Å². The van der Waals surface area contributed by atoms with Gasteiger partial charge in [-0.1, -0.05) is 29.5 Å². The molecule has 0 aliphatic carbocycles. The van der Waals surface area contributed by atoms with Crippen molar-refractivity contribution in [3.63, 3.8) is 0 Å². The van der Waals surface area contributed by atoms with Crippen LogP contribution in [-0.4, -0.2) is 16.0 Å². The van der Waals surface area contributed by atoms with Gasteiger partial charge in [-0.05, 0) is 13.0 Å². The Morgan fingerprint density at radius 3 is 2.54 bits per heavy atom. The topological polar surface area (TPSA) is 89.7 Å². The molecule has 0 fully saturated rings. The van der Waals surface area contributed by atoms with Crippen molar-refractivity contribution >= 4 is 22.3 Å². The first-order chi connectivity index (χ1) is 11.1. The summed E-state index contributed by atoms with van der Waals surface area (Å²) in [6, 6.07) is 5.58. The van der Waals surface area contributed by atoms with Crippen LogP contribution in [0.4, 0.5) is 18.2 Å². The Labute approximate surface area is 137 Å². The molecule has 0 radical (unpaired) electrons. The van der Waals surface area contributed by atoms with Gasteiger partial charge >= 0.3 is 17.1 Å². The van der Waals surface area contributed by atoms with Crippen LogP contribution in [0.25, 0.3) is 0 Å². The van der Waals surface area contributed by atoms with Crippen LogP contribution in [0.3, 0.4) is 0 Å². The molecule has 1 aromatic heterocycles. The summed E-state index contributed by atoms with van der Waals surface area (Å²) in [6.45, 7) is 1.31. The summed E-state index contributed by atoms with van der Waals surface area (Å²) in [7, 11) is 0. The lowest BCUT2D eigenvalue weighted by molar-refractivity contribution is -0.380. The molecule has 0 amide bonds. The number of alkyl halides is 3. The lowest BCUT2D eigenvalue weighted by atomic mass is 10.0. The second-order valence-corrected chi connectivity index (χ2v) is 5.72. The number of benzene rings is 1. The normalized spacial score (nSPS) is 12.7. The quantitative estimate of drug-likeness (QED) is 0.625. The van der Waals surface area contributed by atoms with E-state index in [9.17, 15) is 28.1 Å². The van der Waals surface area contributed by atoms with Crippen molar-refractivity contribution < 1.29 is 32.7 Å². The molecule has 24 heavy (non-hydrogen) atoms. The molecule has 2 rings (SSSR count). The predicted octanol–water partition coefficient (Wildman–Crippen LogP) is 4.51. The Hall–Kier alpha value is -2.62. The number of halogens is 3. The van der Waals surface area contributed by atoms with Crippen LogP contribution in [-0.2, 0) is 6.18 Å². The van der Waals surface area contributed by atoms with E-state index < -0.39 is 38.6 Å². The molecular formula is C14H10F3NO5S. The van der Waals surface area contributed by atoms with E-state index >= 15 is 0 Å². The van der Waals surface area contributed by atoms with E-state index in [-0.39, 0.29) is 11.3 Å². The fourth-order valence-electron chi connectivity index (χ4n) is 2.05. The van der Waals surface area contributed by atoms with Gasteiger partial charge in [0.2, 0.25) is 0 Å². The number of nitro groups is 1. The van der Waals surface area contributed by atoms with Crippen molar-refractivity contribution in [3.8, 4) is 5.75 Å². The van der Waals surface area contributed by atoms with Crippen molar-refractivity contribution in [2.45, 2.75) is 19.2 Å². The Kier molecular flexibility index (Phi) is 4.78. The van der Waals surface area contributed by atoms with E-state index in [0.717, 1.165) is 12.1 Å². The summed E-state index contributed by atoms with van der Waals surface area (Å²) in [5, 5.41) is 19.3. The van der Waals surface area contributed by atoms with Crippen molar-refractivity contribution in [2.75, 3.05) is 0 Å². The van der Waals surface area contributed by atoms with E-state index in [0.29, 0.717) is 11.3 Å². The zero-order chi connectivity index (χ0) is 18.1. The molecule has 0 saturated carbocycles. The highest BCUT2D eigenvalue weighted by molar-refractivity contribution is 7.17. The summed E-state index contributed by atoms with van der Waals surface area (Å²) in [6.07, 6.45) is -5.76. The van der Waals surface area contributed by atoms with Crippen molar-refractivity contribution in [1.82, 2.24) is 0 Å². The molecule has 2 aromatic rings. The van der Waals surface area contributed by atoms with E-state index in [4.69, 9.17) is 9.84 Å². The number of hydrogen-bond donors (Lipinski definition) is 1. The highest BCUT2D eigenvalue weighted by atomic mass is 32.1. The van der Waals surface area contributed by atoms with Crippen LogP contribution in [0.5, 0.6) is 5.75 Å². The van der Waals surface area contributed by atoms with Gasteiger partial charge in [-0.3, -0.25) is 10.1 Å². The fraction of sp³-hybridized carbons (Fsp3) is 0.214. The molecule has 1 aromatic carbocycles. The van der Waals surface area contributed by atoms with Crippen LogP contribution in [0.15, 0.2) is 30.3 Å². The van der Waals surface area contributed by atoms with E-state index in [1.807, 2.05) is 0 Å². The average Bonchev–Trinajstić information content (AvgIpc) is 2.90. The molecule has 0 unspecified atom stereocenters. The average molecular weight is 361 g/mol. The molecule has 0 aliphatic heterocycles. The first kappa shape index (κ1) is 17.7. The fourth-order valence-corrected chi connectivity index (χ4v) is 2.80. The van der Waals surface area contributed by atoms with E-state index in [2.05, 4.69) is 0 Å². The number of carboxylic acid groups (broad SMARTS) is 1. The summed E-state index contributed by atoms with van der Waals surface area (Å²) in [4.78, 5) is 20.6. The first-order valence-corrected chi connectivity index (χ1v) is 7.27. The number of rotatable bonds is 5.